The van der Waals surface area contributed by atoms with Crippen LogP contribution in [0, 0.1) is 23.7 Å². The van der Waals surface area contributed by atoms with E-state index in [9.17, 15) is 9.59 Å². The fraction of sp³-hybridized carbons (Fsp3) is 0.833. The Hall–Kier alpha value is -2.12. The van der Waals surface area contributed by atoms with Gasteiger partial charge in [-0.25, -0.2) is 9.98 Å². The third-order valence-electron chi connectivity index (χ3n) is 6.18. The molecule has 0 saturated carbocycles. The van der Waals surface area contributed by atoms with Gasteiger partial charge >= 0.3 is 0 Å². The van der Waals surface area contributed by atoms with Crippen LogP contribution in [0.3, 0.4) is 0 Å². The monoisotopic (exact) mass is 448 g/mol. The Kier molecular flexibility index (Phi) is 9.10. The summed E-state index contributed by atoms with van der Waals surface area (Å²) in [6.07, 6.45) is 2.17. The normalized spacial score (nSPS) is 28.2. The van der Waals surface area contributed by atoms with Gasteiger partial charge in [0.25, 0.3) is 0 Å². The molecule has 0 aromatic carbocycles. The molecule has 0 unspecified atom stereocenters. The first-order valence-corrected chi connectivity index (χ1v) is 12.1. The molecule has 2 amide bonds. The minimum absolute atomic E-state index is 0.127. The van der Waals surface area contributed by atoms with Crippen molar-refractivity contribution >= 4 is 23.5 Å². The number of hydrogen-bond acceptors (Lipinski definition) is 4. The van der Waals surface area contributed by atoms with Crippen LogP contribution < -0.4 is 11.5 Å². The maximum Gasteiger partial charge on any atom is 0.223 e. The van der Waals surface area contributed by atoms with E-state index in [4.69, 9.17) is 11.5 Å². The lowest BCUT2D eigenvalue weighted by molar-refractivity contribution is -0.132. The maximum atomic E-state index is 12.7. The van der Waals surface area contributed by atoms with Crippen LogP contribution in [0.4, 0.5) is 0 Å². The predicted molar refractivity (Wildman–Crippen MR) is 130 cm³/mol. The fourth-order valence-electron chi connectivity index (χ4n) is 4.77. The quantitative estimate of drug-likeness (QED) is 0.438. The number of carbonyl (C=O) groups is 2. The predicted octanol–water partition coefficient (Wildman–Crippen LogP) is 2.61. The van der Waals surface area contributed by atoms with E-state index in [1.807, 2.05) is 44.4 Å². The zero-order valence-electron chi connectivity index (χ0n) is 21.0. The summed E-state index contributed by atoms with van der Waals surface area (Å²) in [5.41, 5.74) is 12.7. The third-order valence-corrected chi connectivity index (χ3v) is 6.18. The topological polar surface area (TPSA) is 117 Å². The average Bonchev–Trinajstić information content (AvgIpc) is 3.23. The molecule has 0 spiro atoms. The van der Waals surface area contributed by atoms with E-state index in [0.29, 0.717) is 61.3 Å². The van der Waals surface area contributed by atoms with Crippen molar-refractivity contribution in [3.8, 4) is 0 Å². The first kappa shape index (κ1) is 26.1. The first-order valence-electron chi connectivity index (χ1n) is 12.1. The second-order valence-electron chi connectivity index (χ2n) is 10.7. The van der Waals surface area contributed by atoms with Gasteiger partial charge in [0.2, 0.25) is 11.8 Å². The number of aliphatic imine (C=N–C) groups is 2. The minimum Gasteiger partial charge on any atom is -0.386 e. The largest absolute Gasteiger partial charge is 0.386 e. The van der Waals surface area contributed by atoms with E-state index < -0.39 is 6.17 Å². The molecule has 4 atom stereocenters. The average molecular weight is 449 g/mol. The maximum absolute atomic E-state index is 12.7. The van der Waals surface area contributed by atoms with E-state index in [1.165, 1.54) is 0 Å². The van der Waals surface area contributed by atoms with Crippen LogP contribution >= 0.6 is 0 Å². The van der Waals surface area contributed by atoms with E-state index >= 15 is 0 Å². The number of amidine groups is 2. The Balaban J connectivity index is 2.12. The lowest BCUT2D eigenvalue weighted by Crippen LogP contribution is -2.45. The lowest BCUT2D eigenvalue weighted by atomic mass is 10.1. The highest BCUT2D eigenvalue weighted by Gasteiger charge is 2.37. The van der Waals surface area contributed by atoms with E-state index in [1.54, 1.807) is 0 Å². The van der Waals surface area contributed by atoms with Crippen LogP contribution in [0.5, 0.6) is 0 Å². The van der Waals surface area contributed by atoms with Crippen molar-refractivity contribution in [2.24, 2.45) is 45.1 Å². The van der Waals surface area contributed by atoms with Gasteiger partial charge in [0.05, 0.1) is 12.1 Å². The van der Waals surface area contributed by atoms with Gasteiger partial charge in [-0.05, 0) is 43.4 Å². The van der Waals surface area contributed by atoms with Crippen molar-refractivity contribution in [1.82, 2.24) is 9.80 Å². The van der Waals surface area contributed by atoms with Crippen molar-refractivity contribution in [1.29, 1.82) is 0 Å². The van der Waals surface area contributed by atoms with E-state index in [-0.39, 0.29) is 23.9 Å². The van der Waals surface area contributed by atoms with Gasteiger partial charge < -0.3 is 21.3 Å². The zero-order chi connectivity index (χ0) is 24.2. The Bertz CT molecular complexity index is 672. The van der Waals surface area contributed by atoms with Crippen LogP contribution in [-0.2, 0) is 9.59 Å². The van der Waals surface area contributed by atoms with Crippen LogP contribution in [0.25, 0.3) is 0 Å². The van der Waals surface area contributed by atoms with Gasteiger partial charge in [0.15, 0.2) is 0 Å². The zero-order valence-corrected chi connectivity index (χ0v) is 21.0. The molecule has 182 valence electrons. The van der Waals surface area contributed by atoms with Gasteiger partial charge in [0.1, 0.15) is 17.8 Å². The Morgan fingerprint density at radius 2 is 1.12 bits per heavy atom. The second kappa shape index (κ2) is 11.1. The first-order chi connectivity index (χ1) is 14.9. The molecule has 8 heteroatoms. The molecule has 2 aliphatic heterocycles. The second-order valence-corrected chi connectivity index (χ2v) is 10.7. The summed E-state index contributed by atoms with van der Waals surface area (Å²) in [7, 11) is 0. The van der Waals surface area contributed by atoms with E-state index in [0.717, 1.165) is 12.8 Å². The summed E-state index contributed by atoms with van der Waals surface area (Å²) in [6, 6.07) is -0.378. The molecule has 32 heavy (non-hydrogen) atoms. The molecule has 0 aromatic heterocycles. The van der Waals surface area contributed by atoms with Gasteiger partial charge in [-0.3, -0.25) is 9.59 Å². The highest BCUT2D eigenvalue weighted by atomic mass is 16.2. The molecular formula is C24H44N6O2. The number of nitrogens with two attached hydrogens (primary N) is 2. The highest BCUT2D eigenvalue weighted by molar-refractivity contribution is 5.92. The molecule has 2 rings (SSSR count). The highest BCUT2D eigenvalue weighted by Crippen LogP contribution is 2.26. The molecular weight excluding hydrogens is 404 g/mol. The molecule has 0 bridgehead atoms. The third kappa shape index (κ3) is 6.94. The fourth-order valence-corrected chi connectivity index (χ4v) is 4.77. The Morgan fingerprint density at radius 3 is 1.44 bits per heavy atom. The summed E-state index contributed by atoms with van der Waals surface area (Å²) < 4.78 is 0. The van der Waals surface area contributed by atoms with Crippen LogP contribution in [0.1, 0.15) is 74.1 Å². The molecule has 2 aliphatic rings. The van der Waals surface area contributed by atoms with Gasteiger partial charge in [-0.15, -0.1) is 0 Å². The summed E-state index contributed by atoms with van der Waals surface area (Å²) in [5.74, 6) is 2.49. The van der Waals surface area contributed by atoms with Crippen molar-refractivity contribution in [3.63, 3.8) is 0 Å². The lowest BCUT2D eigenvalue weighted by Gasteiger charge is -2.26. The van der Waals surface area contributed by atoms with E-state index in [2.05, 4.69) is 23.8 Å². The molecule has 0 aromatic rings. The number of carbonyl (C=O) groups excluding carboxylic acids is 2. The molecule has 2 saturated heterocycles. The number of amides is 2. The minimum atomic E-state index is -0.467. The van der Waals surface area contributed by atoms with Crippen molar-refractivity contribution in [2.45, 2.75) is 92.4 Å². The van der Waals surface area contributed by atoms with Gasteiger partial charge in [0, 0.05) is 25.9 Å². The molecule has 2 heterocycles. The summed E-state index contributed by atoms with van der Waals surface area (Å²) in [4.78, 5) is 38.3. The molecule has 2 fully saturated rings. The molecule has 8 nitrogen and oxygen atoms in total. The van der Waals surface area contributed by atoms with Crippen LogP contribution in [0.2, 0.25) is 0 Å². The van der Waals surface area contributed by atoms with Crippen LogP contribution in [-0.4, -0.2) is 64.6 Å². The van der Waals surface area contributed by atoms with Gasteiger partial charge in [-0.1, -0.05) is 41.5 Å². The van der Waals surface area contributed by atoms with Crippen molar-refractivity contribution in [2.75, 3.05) is 13.1 Å². The molecule has 0 radical (unpaired) electrons. The molecule has 0 aliphatic carbocycles. The number of rotatable bonds is 8. The Labute approximate surface area is 193 Å². The number of hydrogen-bond donors (Lipinski definition) is 2. The van der Waals surface area contributed by atoms with Crippen molar-refractivity contribution in [3.05, 3.63) is 0 Å². The standard InChI is InChI=1S/C24H44N6O2/c1-14(2)8-21(31)29-12-16(5)10-19(29)23(25)27-18(7)28-24(26)20-11-17(6)13-30(20)22(32)9-15(3)4/h14-20H,8-13H2,1-7H3,(H2,25,27)(H2,26,28)/t16-,17-,19-,20-/m0/s1. The summed E-state index contributed by atoms with van der Waals surface area (Å²) in [6.45, 7) is 15.7. The van der Waals surface area contributed by atoms with Crippen molar-refractivity contribution < 1.29 is 9.59 Å². The van der Waals surface area contributed by atoms with Crippen LogP contribution in [0.15, 0.2) is 9.98 Å². The SMILES string of the molecule is CC(C)CC(=O)N1C[C@@H](C)C[C@H]1C(N)=NC(C)N=C(N)[C@@H]1C[C@H](C)CN1C(=O)CC(C)C. The summed E-state index contributed by atoms with van der Waals surface area (Å²) >= 11 is 0. The van der Waals surface area contributed by atoms with Gasteiger partial charge in [-0.2, -0.15) is 0 Å². The number of nitrogens with zero attached hydrogens (tertiary/aromatic N) is 4. The summed E-state index contributed by atoms with van der Waals surface area (Å²) in [5, 5.41) is 0. The Morgan fingerprint density at radius 1 is 0.781 bits per heavy atom. The molecule has 4 N–H and O–H groups in total. The number of likely N-dealkylation sites (tertiary alicyclic amines) is 2. The smallest absolute Gasteiger partial charge is 0.223 e.